The first kappa shape index (κ1) is 26.2. The maximum absolute atomic E-state index is 13.0. The molecule has 2 amide bonds. The van der Waals surface area contributed by atoms with Gasteiger partial charge < -0.3 is 15.2 Å². The van der Waals surface area contributed by atoms with Crippen molar-refractivity contribution in [2.24, 2.45) is 5.92 Å². The Hall–Kier alpha value is -3.39. The average Bonchev–Trinajstić information content (AvgIpc) is 3.20. The highest BCUT2D eigenvalue weighted by atomic mass is 32.2. The maximum Gasteiger partial charge on any atom is 0.251 e. The Morgan fingerprint density at radius 3 is 2.49 bits per heavy atom. The van der Waals surface area contributed by atoms with Gasteiger partial charge in [-0.15, -0.1) is 16.8 Å². The van der Waals surface area contributed by atoms with E-state index in [1.165, 1.54) is 11.8 Å². The Kier molecular flexibility index (Phi) is 8.87. The summed E-state index contributed by atoms with van der Waals surface area (Å²) in [6, 6.07) is 13.0. The van der Waals surface area contributed by atoms with Gasteiger partial charge in [0, 0.05) is 17.8 Å². The largest absolute Gasteiger partial charge is 0.342 e. The fourth-order valence-corrected chi connectivity index (χ4v) is 4.50. The van der Waals surface area contributed by atoms with Crippen LogP contribution in [0.4, 0.5) is 5.69 Å². The summed E-state index contributed by atoms with van der Waals surface area (Å²) in [5.74, 6) is 0.609. The third kappa shape index (κ3) is 6.82. The van der Waals surface area contributed by atoms with Gasteiger partial charge in [0.05, 0.1) is 11.8 Å². The number of benzene rings is 2. The smallest absolute Gasteiger partial charge is 0.251 e. The summed E-state index contributed by atoms with van der Waals surface area (Å²) in [6.45, 7) is 14.3. The van der Waals surface area contributed by atoms with Gasteiger partial charge in [-0.1, -0.05) is 67.1 Å². The topological polar surface area (TPSA) is 88.9 Å². The van der Waals surface area contributed by atoms with E-state index in [1.807, 2.05) is 75.6 Å². The lowest BCUT2D eigenvalue weighted by Crippen LogP contribution is -2.34. The Morgan fingerprint density at radius 1 is 1.09 bits per heavy atom. The van der Waals surface area contributed by atoms with E-state index in [9.17, 15) is 9.59 Å². The number of nitrogens with one attached hydrogen (secondary N) is 2. The summed E-state index contributed by atoms with van der Waals surface area (Å²) in [4.78, 5) is 25.6. The Balaban J connectivity index is 1.75. The zero-order valence-corrected chi connectivity index (χ0v) is 21.8. The predicted octanol–water partition coefficient (Wildman–Crippen LogP) is 5.25. The summed E-state index contributed by atoms with van der Waals surface area (Å²) in [5.41, 5.74) is 4.58. The second kappa shape index (κ2) is 11.8. The number of anilines is 1. The lowest BCUT2D eigenvalue weighted by atomic mass is 10.0. The van der Waals surface area contributed by atoms with E-state index in [0.717, 1.165) is 22.4 Å². The van der Waals surface area contributed by atoms with Crippen LogP contribution in [0, 0.1) is 26.7 Å². The molecule has 0 radical (unpaired) electrons. The number of carbonyl (C=O) groups is 2. The number of allylic oxidation sites excluding steroid dienone is 1. The molecule has 2 N–H and O–H groups in total. The number of carbonyl (C=O) groups excluding carboxylic acids is 2. The van der Waals surface area contributed by atoms with E-state index in [0.29, 0.717) is 23.1 Å². The van der Waals surface area contributed by atoms with Gasteiger partial charge in [0.15, 0.2) is 11.0 Å². The van der Waals surface area contributed by atoms with Gasteiger partial charge >= 0.3 is 0 Å². The van der Waals surface area contributed by atoms with Gasteiger partial charge in [-0.2, -0.15) is 0 Å². The van der Waals surface area contributed by atoms with Crippen LogP contribution in [0.25, 0.3) is 0 Å². The van der Waals surface area contributed by atoms with E-state index >= 15 is 0 Å². The molecule has 0 spiro atoms. The molecule has 3 aromatic rings. The Bertz CT molecular complexity index is 1220. The van der Waals surface area contributed by atoms with Gasteiger partial charge in [0.25, 0.3) is 5.91 Å². The number of amides is 2. The fourth-order valence-electron chi connectivity index (χ4n) is 3.75. The van der Waals surface area contributed by atoms with Crippen molar-refractivity contribution in [3.63, 3.8) is 0 Å². The number of hydrogen-bond donors (Lipinski definition) is 2. The van der Waals surface area contributed by atoms with Gasteiger partial charge in [-0.3, -0.25) is 9.59 Å². The van der Waals surface area contributed by atoms with E-state index in [4.69, 9.17) is 0 Å². The van der Waals surface area contributed by atoms with Gasteiger partial charge in [0.2, 0.25) is 5.91 Å². The molecule has 0 aliphatic carbocycles. The molecule has 7 nitrogen and oxygen atoms in total. The maximum atomic E-state index is 13.0. The molecule has 1 aromatic heterocycles. The molecule has 0 saturated heterocycles. The Labute approximate surface area is 211 Å². The monoisotopic (exact) mass is 491 g/mol. The summed E-state index contributed by atoms with van der Waals surface area (Å²) in [5, 5.41) is 15.4. The van der Waals surface area contributed by atoms with Crippen molar-refractivity contribution in [3.8, 4) is 0 Å². The summed E-state index contributed by atoms with van der Waals surface area (Å²) in [6.07, 6.45) is 1.76. The van der Waals surface area contributed by atoms with Crippen LogP contribution in [0.15, 0.2) is 60.3 Å². The van der Waals surface area contributed by atoms with E-state index in [2.05, 4.69) is 27.4 Å². The zero-order valence-electron chi connectivity index (χ0n) is 21.0. The van der Waals surface area contributed by atoms with Crippen LogP contribution in [0.5, 0.6) is 0 Å². The number of thioether (sulfide) groups is 1. The van der Waals surface area contributed by atoms with Crippen molar-refractivity contribution >= 4 is 29.3 Å². The first-order valence-electron chi connectivity index (χ1n) is 11.6. The molecule has 1 heterocycles. The minimum absolute atomic E-state index is 0.0715. The number of rotatable bonds is 10. The van der Waals surface area contributed by atoms with Crippen molar-refractivity contribution in [2.75, 3.05) is 11.1 Å². The molecule has 1 atom stereocenters. The van der Waals surface area contributed by atoms with Crippen molar-refractivity contribution in [2.45, 2.75) is 52.4 Å². The molecule has 35 heavy (non-hydrogen) atoms. The summed E-state index contributed by atoms with van der Waals surface area (Å²) >= 11 is 1.31. The summed E-state index contributed by atoms with van der Waals surface area (Å²) < 4.78 is 1.91. The minimum atomic E-state index is -0.353. The van der Waals surface area contributed by atoms with Gasteiger partial charge in [-0.05, 0) is 50.5 Å². The van der Waals surface area contributed by atoms with Crippen LogP contribution in [-0.2, 0) is 11.3 Å². The van der Waals surface area contributed by atoms with Gasteiger partial charge in [-0.25, -0.2) is 0 Å². The van der Waals surface area contributed by atoms with E-state index < -0.39 is 0 Å². The molecule has 0 bridgehead atoms. The molecule has 3 rings (SSSR count). The molecule has 184 valence electrons. The quantitative estimate of drug-likeness (QED) is 0.299. The number of aromatic nitrogens is 3. The standard InChI is InChI=1S/C27H33N5O2S/c1-7-13-32-25(24(17(2)3)29-26(34)21-10-8-9-18(4)15-21)30-31-27(32)35-16-23(33)28-22-12-11-19(5)14-20(22)6/h7-12,14-15,17,24H,1,13,16H2,2-6H3,(H,28,33)(H,29,34)/t24-/m0/s1. The van der Waals surface area contributed by atoms with Crippen molar-refractivity contribution in [1.82, 2.24) is 20.1 Å². The highest BCUT2D eigenvalue weighted by molar-refractivity contribution is 7.99. The average molecular weight is 492 g/mol. The van der Waals surface area contributed by atoms with Crippen LogP contribution in [0.1, 0.15) is 52.8 Å². The predicted molar refractivity (Wildman–Crippen MR) is 142 cm³/mol. The SMILES string of the molecule is C=CCn1c(SCC(=O)Nc2ccc(C)cc2C)nnc1[C@@H](NC(=O)c1cccc(C)c1)C(C)C. The van der Waals surface area contributed by atoms with Crippen molar-refractivity contribution in [3.05, 3.63) is 83.2 Å². The fraction of sp³-hybridized carbons (Fsp3) is 0.333. The third-order valence-corrected chi connectivity index (χ3v) is 6.52. The molecule has 8 heteroatoms. The van der Waals surface area contributed by atoms with Crippen LogP contribution in [0.2, 0.25) is 0 Å². The molecule has 0 unspecified atom stereocenters. The first-order valence-corrected chi connectivity index (χ1v) is 12.6. The molecule has 0 aliphatic heterocycles. The second-order valence-electron chi connectivity index (χ2n) is 8.96. The molecule has 0 saturated carbocycles. The molecule has 0 fully saturated rings. The summed E-state index contributed by atoms with van der Waals surface area (Å²) in [7, 11) is 0. The molecule has 2 aromatic carbocycles. The lowest BCUT2D eigenvalue weighted by molar-refractivity contribution is -0.113. The van der Waals surface area contributed by atoms with Crippen LogP contribution in [0.3, 0.4) is 0 Å². The minimum Gasteiger partial charge on any atom is -0.342 e. The number of hydrogen-bond acceptors (Lipinski definition) is 5. The van der Waals surface area contributed by atoms with Crippen LogP contribution in [-0.4, -0.2) is 32.3 Å². The van der Waals surface area contributed by atoms with E-state index in [-0.39, 0.29) is 29.5 Å². The molecular formula is C27H33N5O2S. The van der Waals surface area contributed by atoms with Crippen LogP contribution >= 0.6 is 11.8 Å². The highest BCUT2D eigenvalue weighted by Crippen LogP contribution is 2.26. The molecule has 0 aliphatic rings. The molecular weight excluding hydrogens is 458 g/mol. The number of nitrogens with zero attached hydrogens (tertiary/aromatic N) is 3. The van der Waals surface area contributed by atoms with Crippen molar-refractivity contribution in [1.29, 1.82) is 0 Å². The van der Waals surface area contributed by atoms with Crippen molar-refractivity contribution < 1.29 is 9.59 Å². The third-order valence-electron chi connectivity index (χ3n) is 5.56. The Morgan fingerprint density at radius 2 is 1.83 bits per heavy atom. The highest BCUT2D eigenvalue weighted by Gasteiger charge is 2.26. The van der Waals surface area contributed by atoms with Gasteiger partial charge in [0.1, 0.15) is 0 Å². The normalized spacial score (nSPS) is 11.8. The zero-order chi connectivity index (χ0) is 25.5. The second-order valence-corrected chi connectivity index (χ2v) is 9.90. The van der Waals surface area contributed by atoms with Crippen LogP contribution < -0.4 is 10.6 Å². The number of aryl methyl sites for hydroxylation is 3. The lowest BCUT2D eigenvalue weighted by Gasteiger charge is -2.22. The van der Waals surface area contributed by atoms with E-state index in [1.54, 1.807) is 12.1 Å². The first-order chi connectivity index (χ1) is 16.7.